The van der Waals surface area contributed by atoms with Crippen LogP contribution >= 0.6 is 11.6 Å². The van der Waals surface area contributed by atoms with Crippen molar-refractivity contribution in [3.8, 4) is 6.07 Å². The van der Waals surface area contributed by atoms with Crippen molar-refractivity contribution in [3.05, 3.63) is 38.4 Å². The number of nitrogens with zero attached hydrogens (tertiary/aromatic N) is 2. The summed E-state index contributed by atoms with van der Waals surface area (Å²) < 4.78 is 0. The zero-order valence-corrected chi connectivity index (χ0v) is 7.78. The van der Waals surface area contributed by atoms with Gasteiger partial charge in [0.15, 0.2) is 0 Å². The molecule has 72 valence electrons. The van der Waals surface area contributed by atoms with Gasteiger partial charge in [-0.25, -0.2) is 0 Å². The Morgan fingerprint density at radius 2 is 2.29 bits per heavy atom. The lowest BCUT2D eigenvalue weighted by Crippen LogP contribution is -2.02. The molecule has 0 bridgehead atoms. The molecule has 1 aromatic carbocycles. The van der Waals surface area contributed by atoms with Gasteiger partial charge in [0.25, 0.3) is 5.69 Å². The van der Waals surface area contributed by atoms with E-state index in [4.69, 9.17) is 22.6 Å². The minimum Gasteiger partial charge on any atom is -0.326 e. The molecule has 5 nitrogen and oxygen atoms in total. The predicted octanol–water partition coefficient (Wildman–Crippen LogP) is 1.58. The number of benzene rings is 1. The largest absolute Gasteiger partial charge is 0.326 e. The Morgan fingerprint density at radius 3 is 2.71 bits per heavy atom. The van der Waals surface area contributed by atoms with Crippen molar-refractivity contribution in [3.63, 3.8) is 0 Å². The van der Waals surface area contributed by atoms with Gasteiger partial charge in [0, 0.05) is 18.2 Å². The number of hydrogen-bond acceptors (Lipinski definition) is 4. The Labute approximate surface area is 84.8 Å². The molecule has 0 unspecified atom stereocenters. The number of nitrogens with two attached hydrogens (primary N) is 1. The molecule has 0 spiro atoms. The van der Waals surface area contributed by atoms with E-state index in [-0.39, 0.29) is 22.8 Å². The molecule has 0 aliphatic heterocycles. The highest BCUT2D eigenvalue weighted by Crippen LogP contribution is 2.29. The topological polar surface area (TPSA) is 92.9 Å². The van der Waals surface area contributed by atoms with Gasteiger partial charge in [0.05, 0.1) is 16.6 Å². The van der Waals surface area contributed by atoms with Gasteiger partial charge in [-0.1, -0.05) is 11.6 Å². The number of halogens is 1. The van der Waals surface area contributed by atoms with Crippen molar-refractivity contribution >= 4 is 17.3 Å². The van der Waals surface area contributed by atoms with Crippen molar-refractivity contribution in [2.75, 3.05) is 0 Å². The lowest BCUT2D eigenvalue weighted by Gasteiger charge is -2.03. The molecular formula is C8H6ClN3O2. The summed E-state index contributed by atoms with van der Waals surface area (Å²) in [4.78, 5) is 9.88. The number of nitriles is 1. The van der Waals surface area contributed by atoms with Gasteiger partial charge < -0.3 is 5.73 Å². The minimum atomic E-state index is -0.608. The van der Waals surface area contributed by atoms with Crippen LogP contribution in [-0.4, -0.2) is 4.92 Å². The second-order valence-electron chi connectivity index (χ2n) is 2.50. The highest BCUT2D eigenvalue weighted by molar-refractivity contribution is 6.33. The first-order valence-corrected chi connectivity index (χ1v) is 4.05. The van der Waals surface area contributed by atoms with E-state index in [1.165, 1.54) is 12.1 Å². The average molecular weight is 212 g/mol. The van der Waals surface area contributed by atoms with E-state index in [9.17, 15) is 10.1 Å². The van der Waals surface area contributed by atoms with Gasteiger partial charge >= 0.3 is 0 Å². The molecule has 14 heavy (non-hydrogen) atoms. The van der Waals surface area contributed by atoms with Crippen LogP contribution in [0.15, 0.2) is 12.1 Å². The van der Waals surface area contributed by atoms with E-state index in [2.05, 4.69) is 0 Å². The van der Waals surface area contributed by atoms with Crippen molar-refractivity contribution in [2.45, 2.75) is 6.54 Å². The Morgan fingerprint density at radius 1 is 1.64 bits per heavy atom. The molecule has 0 aliphatic carbocycles. The van der Waals surface area contributed by atoms with Crippen LogP contribution in [0.1, 0.15) is 11.1 Å². The monoisotopic (exact) mass is 211 g/mol. The minimum absolute atomic E-state index is 0.00338. The standard InChI is InChI=1S/C8H6ClN3O2/c9-8-6(4-11)5(3-10)1-2-7(8)12(13)14/h1-2H,4,11H2. The molecule has 0 heterocycles. The molecule has 0 fully saturated rings. The van der Waals surface area contributed by atoms with Crippen molar-refractivity contribution in [2.24, 2.45) is 5.73 Å². The summed E-state index contributed by atoms with van der Waals surface area (Å²) in [5.41, 5.74) is 5.68. The summed E-state index contributed by atoms with van der Waals surface area (Å²) in [6.45, 7) is 0.00338. The normalized spacial score (nSPS) is 9.50. The van der Waals surface area contributed by atoms with Crippen molar-refractivity contribution in [1.82, 2.24) is 0 Å². The van der Waals surface area contributed by atoms with E-state index in [0.29, 0.717) is 5.56 Å². The Kier molecular flexibility index (Phi) is 3.02. The van der Waals surface area contributed by atoms with Crippen molar-refractivity contribution in [1.29, 1.82) is 5.26 Å². The lowest BCUT2D eigenvalue weighted by atomic mass is 10.1. The predicted molar refractivity (Wildman–Crippen MR) is 50.7 cm³/mol. The molecule has 0 saturated heterocycles. The molecule has 0 saturated carbocycles. The summed E-state index contributed by atoms with van der Waals surface area (Å²) in [6.07, 6.45) is 0. The maximum atomic E-state index is 10.5. The van der Waals surface area contributed by atoms with Crippen LogP contribution in [-0.2, 0) is 6.54 Å². The summed E-state index contributed by atoms with van der Waals surface area (Å²) in [5.74, 6) is 0. The van der Waals surface area contributed by atoms with Crippen LogP contribution in [0.4, 0.5) is 5.69 Å². The third-order valence-corrected chi connectivity index (χ3v) is 2.17. The first kappa shape index (κ1) is 10.4. The van der Waals surface area contributed by atoms with Gasteiger partial charge in [0.2, 0.25) is 0 Å². The van der Waals surface area contributed by atoms with E-state index >= 15 is 0 Å². The molecule has 1 rings (SSSR count). The van der Waals surface area contributed by atoms with Crippen molar-refractivity contribution < 1.29 is 4.92 Å². The SMILES string of the molecule is N#Cc1ccc([N+](=O)[O-])c(Cl)c1CN. The number of rotatable bonds is 2. The third-order valence-electron chi connectivity index (χ3n) is 1.74. The summed E-state index contributed by atoms with van der Waals surface area (Å²) in [6, 6.07) is 4.40. The second kappa shape index (κ2) is 4.05. The zero-order chi connectivity index (χ0) is 10.7. The molecule has 1 aromatic rings. The van der Waals surface area contributed by atoms with Crippen LogP contribution in [0.25, 0.3) is 0 Å². The van der Waals surface area contributed by atoms with Crippen LogP contribution in [0, 0.1) is 21.4 Å². The molecule has 0 amide bonds. The van der Waals surface area contributed by atoms with Crippen LogP contribution in [0.2, 0.25) is 5.02 Å². The molecule has 0 aliphatic rings. The molecule has 2 N–H and O–H groups in total. The molecule has 0 atom stereocenters. The molecule has 0 aromatic heterocycles. The van der Waals surface area contributed by atoms with E-state index in [1.807, 2.05) is 6.07 Å². The second-order valence-corrected chi connectivity index (χ2v) is 2.88. The zero-order valence-electron chi connectivity index (χ0n) is 7.03. The van der Waals surface area contributed by atoms with E-state index < -0.39 is 4.92 Å². The first-order chi connectivity index (χ1) is 6.61. The van der Waals surface area contributed by atoms with Gasteiger partial charge in [0.1, 0.15) is 5.02 Å². The highest BCUT2D eigenvalue weighted by Gasteiger charge is 2.17. The highest BCUT2D eigenvalue weighted by atomic mass is 35.5. The van der Waals surface area contributed by atoms with Gasteiger partial charge in [-0.15, -0.1) is 0 Å². The summed E-state index contributed by atoms with van der Waals surface area (Å²) >= 11 is 5.72. The van der Waals surface area contributed by atoms with Gasteiger partial charge in [-0.3, -0.25) is 10.1 Å². The number of nitro benzene ring substituents is 1. The fraction of sp³-hybridized carbons (Fsp3) is 0.125. The van der Waals surface area contributed by atoms with Crippen LogP contribution in [0.3, 0.4) is 0 Å². The fourth-order valence-corrected chi connectivity index (χ4v) is 1.37. The first-order valence-electron chi connectivity index (χ1n) is 3.67. The van der Waals surface area contributed by atoms with Gasteiger partial charge in [-0.2, -0.15) is 5.26 Å². The lowest BCUT2D eigenvalue weighted by molar-refractivity contribution is -0.384. The van der Waals surface area contributed by atoms with Gasteiger partial charge in [-0.05, 0) is 6.07 Å². The van der Waals surface area contributed by atoms with Crippen LogP contribution in [0.5, 0.6) is 0 Å². The molecule has 0 radical (unpaired) electrons. The third kappa shape index (κ3) is 1.66. The van der Waals surface area contributed by atoms with Crippen LogP contribution < -0.4 is 5.73 Å². The van der Waals surface area contributed by atoms with E-state index in [1.54, 1.807) is 0 Å². The quantitative estimate of drug-likeness (QED) is 0.594. The summed E-state index contributed by atoms with van der Waals surface area (Å²) in [5, 5.41) is 19.1. The molecule has 6 heteroatoms. The smallest absolute Gasteiger partial charge is 0.288 e. The Bertz CT molecular complexity index is 425. The fourth-order valence-electron chi connectivity index (χ4n) is 1.05. The Balaban J connectivity index is 3.44. The maximum absolute atomic E-state index is 10.5. The molecular weight excluding hydrogens is 206 g/mol. The number of hydrogen-bond donors (Lipinski definition) is 1. The van der Waals surface area contributed by atoms with E-state index in [0.717, 1.165) is 0 Å². The Hall–Kier alpha value is -1.64. The average Bonchev–Trinajstić information content (AvgIpc) is 2.16. The number of nitro groups is 1. The maximum Gasteiger partial charge on any atom is 0.288 e. The summed E-state index contributed by atoms with van der Waals surface area (Å²) in [7, 11) is 0.